The summed E-state index contributed by atoms with van der Waals surface area (Å²) in [5.74, 6) is 0.800. The van der Waals surface area contributed by atoms with Crippen molar-refractivity contribution < 1.29 is 9.84 Å². The molecule has 0 heterocycles. The second-order valence-corrected chi connectivity index (χ2v) is 3.24. The predicted octanol–water partition coefficient (Wildman–Crippen LogP) is 2.65. The third kappa shape index (κ3) is 4.00. The van der Waals surface area contributed by atoms with Gasteiger partial charge in [-0.15, -0.1) is 0 Å². The normalized spacial score (nSPS) is 12.7. The maximum absolute atomic E-state index is 9.14. The van der Waals surface area contributed by atoms with Crippen molar-refractivity contribution in [3.05, 3.63) is 48.6 Å². The third-order valence-corrected chi connectivity index (χ3v) is 1.83. The van der Waals surface area contributed by atoms with Crippen LogP contribution in [-0.2, 0) is 0 Å². The molecule has 0 fully saturated rings. The van der Waals surface area contributed by atoms with E-state index in [-0.39, 0.29) is 0 Å². The summed E-state index contributed by atoms with van der Waals surface area (Å²) in [6.07, 6.45) is 4.83. The van der Waals surface area contributed by atoms with E-state index in [9.17, 15) is 0 Å². The number of rotatable bonds is 5. The Morgan fingerprint density at radius 3 is 2.87 bits per heavy atom. The molecule has 1 unspecified atom stereocenters. The summed E-state index contributed by atoms with van der Waals surface area (Å²) < 4.78 is 5.47. The predicted molar refractivity (Wildman–Crippen MR) is 62.8 cm³/mol. The summed E-state index contributed by atoms with van der Waals surface area (Å²) in [5, 5.41) is 9.14. The van der Waals surface area contributed by atoms with Gasteiger partial charge in [0.25, 0.3) is 0 Å². The van der Waals surface area contributed by atoms with Crippen LogP contribution in [0, 0.1) is 0 Å². The Kier molecular flexibility index (Phi) is 4.64. The summed E-state index contributed by atoms with van der Waals surface area (Å²) in [5.41, 5.74) is 0.959. The highest BCUT2D eigenvalue weighted by Crippen LogP contribution is 2.19. The fourth-order valence-electron chi connectivity index (χ4n) is 1.14. The molecule has 2 nitrogen and oxygen atoms in total. The molecule has 80 valence electrons. The SMILES string of the molecule is C=CCOc1ccccc1/C=C/C(C)O. The van der Waals surface area contributed by atoms with E-state index >= 15 is 0 Å². The fraction of sp³-hybridized carbons (Fsp3) is 0.231. The molecule has 1 N–H and O–H groups in total. The zero-order valence-corrected chi connectivity index (χ0v) is 8.89. The van der Waals surface area contributed by atoms with Crippen LogP contribution in [0.4, 0.5) is 0 Å². The minimum Gasteiger partial charge on any atom is -0.489 e. The van der Waals surface area contributed by atoms with Gasteiger partial charge in [-0.1, -0.05) is 43.0 Å². The van der Waals surface area contributed by atoms with Gasteiger partial charge >= 0.3 is 0 Å². The molecule has 15 heavy (non-hydrogen) atoms. The lowest BCUT2D eigenvalue weighted by Crippen LogP contribution is -1.95. The average molecular weight is 204 g/mol. The van der Waals surface area contributed by atoms with E-state index in [1.54, 1.807) is 19.1 Å². The second-order valence-electron chi connectivity index (χ2n) is 3.24. The third-order valence-electron chi connectivity index (χ3n) is 1.83. The number of para-hydroxylation sites is 1. The first-order chi connectivity index (χ1) is 7.24. The molecule has 0 amide bonds. The van der Waals surface area contributed by atoms with Gasteiger partial charge in [-0.3, -0.25) is 0 Å². The Labute approximate surface area is 90.5 Å². The van der Waals surface area contributed by atoms with E-state index in [1.807, 2.05) is 30.3 Å². The molecule has 0 aliphatic carbocycles. The molecule has 1 rings (SSSR count). The first-order valence-corrected chi connectivity index (χ1v) is 4.93. The highest BCUT2D eigenvalue weighted by atomic mass is 16.5. The lowest BCUT2D eigenvalue weighted by atomic mass is 10.1. The highest BCUT2D eigenvalue weighted by Gasteiger charge is 1.98. The number of aliphatic hydroxyl groups is 1. The van der Waals surface area contributed by atoms with Crippen LogP contribution in [0.5, 0.6) is 5.75 Å². The van der Waals surface area contributed by atoms with Crippen LogP contribution in [0.2, 0.25) is 0 Å². The van der Waals surface area contributed by atoms with Crippen molar-refractivity contribution in [3.8, 4) is 5.75 Å². The molecule has 0 spiro atoms. The number of hydrogen-bond acceptors (Lipinski definition) is 2. The van der Waals surface area contributed by atoms with Gasteiger partial charge in [0, 0.05) is 5.56 Å². The van der Waals surface area contributed by atoms with Gasteiger partial charge in [-0.2, -0.15) is 0 Å². The van der Waals surface area contributed by atoms with Crippen LogP contribution >= 0.6 is 0 Å². The molecule has 0 saturated carbocycles. The molecule has 0 aliphatic heterocycles. The highest BCUT2D eigenvalue weighted by molar-refractivity contribution is 5.57. The van der Waals surface area contributed by atoms with Crippen molar-refractivity contribution >= 4 is 6.08 Å². The second kappa shape index (κ2) is 6.04. The molecule has 0 aromatic heterocycles. The Hall–Kier alpha value is -1.54. The van der Waals surface area contributed by atoms with Crippen LogP contribution in [0.1, 0.15) is 12.5 Å². The number of ether oxygens (including phenoxy) is 1. The smallest absolute Gasteiger partial charge is 0.126 e. The first-order valence-electron chi connectivity index (χ1n) is 4.93. The van der Waals surface area contributed by atoms with Crippen LogP contribution in [-0.4, -0.2) is 17.8 Å². The van der Waals surface area contributed by atoms with Crippen molar-refractivity contribution in [3.63, 3.8) is 0 Å². The van der Waals surface area contributed by atoms with Gasteiger partial charge in [-0.25, -0.2) is 0 Å². The van der Waals surface area contributed by atoms with Gasteiger partial charge in [0.05, 0.1) is 6.10 Å². The van der Waals surface area contributed by atoms with Crippen molar-refractivity contribution in [1.82, 2.24) is 0 Å². The molecule has 1 aromatic carbocycles. The molecule has 0 aliphatic rings. The van der Waals surface area contributed by atoms with Gasteiger partial charge in [0.1, 0.15) is 12.4 Å². The summed E-state index contributed by atoms with van der Waals surface area (Å²) in [6.45, 7) is 5.79. The van der Waals surface area contributed by atoms with E-state index in [4.69, 9.17) is 9.84 Å². The Morgan fingerprint density at radius 1 is 1.47 bits per heavy atom. The number of benzene rings is 1. The molecular formula is C13H16O2. The lowest BCUT2D eigenvalue weighted by Gasteiger charge is -2.06. The summed E-state index contributed by atoms with van der Waals surface area (Å²) in [7, 11) is 0. The molecule has 2 heteroatoms. The molecule has 1 aromatic rings. The van der Waals surface area contributed by atoms with Crippen molar-refractivity contribution in [1.29, 1.82) is 0 Å². The molecule has 0 radical (unpaired) electrons. The van der Waals surface area contributed by atoms with E-state index in [0.717, 1.165) is 11.3 Å². The summed E-state index contributed by atoms with van der Waals surface area (Å²) in [6, 6.07) is 7.68. The fourth-order valence-corrected chi connectivity index (χ4v) is 1.14. The molecular weight excluding hydrogens is 188 g/mol. The first kappa shape index (κ1) is 11.5. The lowest BCUT2D eigenvalue weighted by molar-refractivity contribution is 0.245. The van der Waals surface area contributed by atoms with Crippen LogP contribution in [0.3, 0.4) is 0 Å². The minimum absolute atomic E-state index is 0.447. The van der Waals surface area contributed by atoms with E-state index in [1.165, 1.54) is 0 Å². The van der Waals surface area contributed by atoms with Crippen molar-refractivity contribution in [2.45, 2.75) is 13.0 Å². The quantitative estimate of drug-likeness (QED) is 0.747. The molecule has 1 atom stereocenters. The van der Waals surface area contributed by atoms with Crippen molar-refractivity contribution in [2.24, 2.45) is 0 Å². The monoisotopic (exact) mass is 204 g/mol. The van der Waals surface area contributed by atoms with E-state index in [0.29, 0.717) is 6.61 Å². The topological polar surface area (TPSA) is 29.5 Å². The van der Waals surface area contributed by atoms with Crippen LogP contribution in [0.15, 0.2) is 43.0 Å². The number of aliphatic hydroxyl groups excluding tert-OH is 1. The average Bonchev–Trinajstić information content (AvgIpc) is 2.24. The standard InChI is InChI=1S/C13H16O2/c1-3-10-15-13-7-5-4-6-12(13)9-8-11(2)14/h3-9,11,14H,1,10H2,2H3/b9-8+. The van der Waals surface area contributed by atoms with Crippen LogP contribution < -0.4 is 4.74 Å². The Bertz CT molecular complexity index is 340. The Morgan fingerprint density at radius 2 is 2.20 bits per heavy atom. The molecule has 0 bridgehead atoms. The number of hydrogen-bond donors (Lipinski definition) is 1. The zero-order valence-electron chi connectivity index (χ0n) is 8.89. The van der Waals surface area contributed by atoms with Crippen molar-refractivity contribution in [2.75, 3.05) is 6.61 Å². The zero-order chi connectivity index (χ0) is 11.1. The van der Waals surface area contributed by atoms with Crippen LogP contribution in [0.25, 0.3) is 6.08 Å². The summed E-state index contributed by atoms with van der Waals surface area (Å²) in [4.78, 5) is 0. The maximum Gasteiger partial charge on any atom is 0.126 e. The minimum atomic E-state index is -0.447. The Balaban J connectivity index is 2.81. The van der Waals surface area contributed by atoms with E-state index < -0.39 is 6.10 Å². The van der Waals surface area contributed by atoms with Gasteiger partial charge < -0.3 is 9.84 Å². The van der Waals surface area contributed by atoms with Gasteiger partial charge in [0.15, 0.2) is 0 Å². The largest absolute Gasteiger partial charge is 0.489 e. The van der Waals surface area contributed by atoms with Gasteiger partial charge in [0.2, 0.25) is 0 Å². The van der Waals surface area contributed by atoms with E-state index in [2.05, 4.69) is 6.58 Å². The maximum atomic E-state index is 9.14. The van der Waals surface area contributed by atoms with Gasteiger partial charge in [-0.05, 0) is 13.0 Å². The summed E-state index contributed by atoms with van der Waals surface area (Å²) >= 11 is 0. The molecule has 0 saturated heterocycles.